The zero-order valence-electron chi connectivity index (χ0n) is 5.31. The van der Waals surface area contributed by atoms with Crippen molar-refractivity contribution in [2.45, 2.75) is 19.0 Å². The van der Waals surface area contributed by atoms with Crippen molar-refractivity contribution in [2.24, 2.45) is 0 Å². The van der Waals surface area contributed by atoms with Crippen molar-refractivity contribution < 1.29 is 4.39 Å². The van der Waals surface area contributed by atoms with Crippen LogP contribution in [0.3, 0.4) is 0 Å². The van der Waals surface area contributed by atoms with E-state index in [-0.39, 0.29) is 0 Å². The predicted octanol–water partition coefficient (Wildman–Crippen LogP) is 1.32. The van der Waals surface area contributed by atoms with Crippen molar-refractivity contribution in [2.75, 3.05) is 13.1 Å². The van der Waals surface area contributed by atoms with Crippen LogP contribution in [0.15, 0.2) is 11.8 Å². The number of nitrogens with zero attached hydrogens (tertiary/aromatic N) is 1. The minimum atomic E-state index is -0.587. The highest BCUT2D eigenvalue weighted by atomic mass is 19.1. The van der Waals surface area contributed by atoms with E-state index in [1.165, 1.54) is 5.70 Å². The first-order chi connectivity index (χ1) is 4.36. The van der Waals surface area contributed by atoms with Crippen LogP contribution in [0, 0.1) is 0 Å². The maximum atomic E-state index is 12.6. The van der Waals surface area contributed by atoms with Gasteiger partial charge in [-0.1, -0.05) is 6.08 Å². The lowest BCUT2D eigenvalue weighted by molar-refractivity contribution is 0.308. The van der Waals surface area contributed by atoms with Gasteiger partial charge in [0.15, 0.2) is 0 Å². The van der Waals surface area contributed by atoms with E-state index >= 15 is 0 Å². The minimum Gasteiger partial charge on any atom is -0.372 e. The topological polar surface area (TPSA) is 3.24 Å². The molecule has 1 fully saturated rings. The Morgan fingerprint density at radius 2 is 2.56 bits per heavy atom. The van der Waals surface area contributed by atoms with Crippen molar-refractivity contribution >= 4 is 0 Å². The van der Waals surface area contributed by atoms with E-state index in [2.05, 4.69) is 11.0 Å². The summed E-state index contributed by atoms with van der Waals surface area (Å²) in [7, 11) is 0. The third-order valence-corrected chi connectivity index (χ3v) is 2.03. The van der Waals surface area contributed by atoms with Crippen LogP contribution in [0.1, 0.15) is 12.8 Å². The molecule has 9 heavy (non-hydrogen) atoms. The molecule has 2 aliphatic rings. The molecule has 50 valence electrons. The van der Waals surface area contributed by atoms with Crippen molar-refractivity contribution in [1.82, 2.24) is 4.90 Å². The molecule has 2 rings (SSSR count). The smallest absolute Gasteiger partial charge is 0.123 e. The molecule has 1 nitrogen and oxygen atoms in total. The van der Waals surface area contributed by atoms with Gasteiger partial charge in [-0.2, -0.15) is 0 Å². The number of allylic oxidation sites excluding steroid dienone is 1. The highest BCUT2D eigenvalue weighted by Crippen LogP contribution is 2.27. The number of alkyl halides is 1. The molecule has 0 aliphatic carbocycles. The molecule has 0 spiro atoms. The molecule has 2 aliphatic heterocycles. The van der Waals surface area contributed by atoms with Crippen LogP contribution < -0.4 is 0 Å². The first-order valence-electron chi connectivity index (χ1n) is 3.44. The fourth-order valence-electron chi connectivity index (χ4n) is 1.61. The lowest BCUT2D eigenvalue weighted by Gasteiger charge is -2.11. The number of hydrogen-bond acceptors (Lipinski definition) is 1. The van der Waals surface area contributed by atoms with Gasteiger partial charge >= 0.3 is 0 Å². The Bertz CT molecular complexity index is 153. The van der Waals surface area contributed by atoms with E-state index in [1.54, 1.807) is 0 Å². The van der Waals surface area contributed by atoms with Crippen LogP contribution in [0.5, 0.6) is 0 Å². The maximum absolute atomic E-state index is 12.6. The average Bonchev–Trinajstić information content (AvgIpc) is 2.22. The maximum Gasteiger partial charge on any atom is 0.123 e. The molecule has 0 radical (unpaired) electrons. The van der Waals surface area contributed by atoms with Crippen molar-refractivity contribution in [3.8, 4) is 0 Å². The van der Waals surface area contributed by atoms with E-state index in [0.29, 0.717) is 13.0 Å². The summed E-state index contributed by atoms with van der Waals surface area (Å²) >= 11 is 0. The molecule has 2 heteroatoms. The number of hydrogen-bond donors (Lipinski definition) is 0. The first kappa shape index (κ1) is 5.27. The Kier molecular flexibility index (Phi) is 1.01. The van der Waals surface area contributed by atoms with E-state index in [0.717, 1.165) is 13.0 Å². The van der Waals surface area contributed by atoms with Crippen LogP contribution in [0.2, 0.25) is 0 Å². The van der Waals surface area contributed by atoms with Crippen LogP contribution in [-0.2, 0) is 0 Å². The van der Waals surface area contributed by atoms with Crippen LogP contribution in [0.4, 0.5) is 4.39 Å². The Balaban J connectivity index is 2.15. The summed E-state index contributed by atoms with van der Waals surface area (Å²) in [6.45, 7) is 1.70. The largest absolute Gasteiger partial charge is 0.372 e. The highest BCUT2D eigenvalue weighted by molar-refractivity contribution is 5.13. The van der Waals surface area contributed by atoms with Crippen LogP contribution in [-0.4, -0.2) is 24.2 Å². The summed E-state index contributed by atoms with van der Waals surface area (Å²) in [4.78, 5) is 2.14. The number of fused-ring (bicyclic) bond motifs is 1. The van der Waals surface area contributed by atoms with Gasteiger partial charge in [0, 0.05) is 25.2 Å². The summed E-state index contributed by atoms with van der Waals surface area (Å²) in [5.41, 5.74) is 1.24. The highest BCUT2D eigenvalue weighted by Gasteiger charge is 2.27. The molecule has 0 amide bonds. The first-order valence-corrected chi connectivity index (χ1v) is 3.44. The molecule has 0 aromatic rings. The molecule has 1 saturated heterocycles. The molecular weight excluding hydrogens is 117 g/mol. The second-order valence-corrected chi connectivity index (χ2v) is 2.73. The summed E-state index contributed by atoms with van der Waals surface area (Å²) in [6, 6.07) is 0. The molecule has 0 N–H and O–H groups in total. The van der Waals surface area contributed by atoms with Gasteiger partial charge < -0.3 is 4.90 Å². The molecule has 2 heterocycles. The lowest BCUT2D eigenvalue weighted by Crippen LogP contribution is -2.16. The molecular formula is C7H10FN. The van der Waals surface area contributed by atoms with E-state index < -0.39 is 6.17 Å². The third-order valence-electron chi connectivity index (χ3n) is 2.03. The number of rotatable bonds is 0. The Hall–Kier alpha value is -0.530. The minimum absolute atomic E-state index is 0.587. The molecule has 0 bridgehead atoms. The van der Waals surface area contributed by atoms with Gasteiger partial charge in [-0.3, -0.25) is 0 Å². The van der Waals surface area contributed by atoms with Gasteiger partial charge in [-0.25, -0.2) is 4.39 Å². The summed E-state index contributed by atoms with van der Waals surface area (Å²) < 4.78 is 12.6. The molecule has 1 atom stereocenters. The fourth-order valence-corrected chi connectivity index (χ4v) is 1.61. The quantitative estimate of drug-likeness (QED) is 0.474. The summed E-state index contributed by atoms with van der Waals surface area (Å²) in [6.07, 6.45) is 3.36. The van der Waals surface area contributed by atoms with Crippen molar-refractivity contribution in [3.63, 3.8) is 0 Å². The average molecular weight is 127 g/mol. The van der Waals surface area contributed by atoms with E-state index in [9.17, 15) is 4.39 Å². The molecule has 0 saturated carbocycles. The van der Waals surface area contributed by atoms with Gasteiger partial charge in [0.25, 0.3) is 0 Å². The van der Waals surface area contributed by atoms with Crippen molar-refractivity contribution in [1.29, 1.82) is 0 Å². The van der Waals surface area contributed by atoms with Gasteiger partial charge in [0.2, 0.25) is 0 Å². The van der Waals surface area contributed by atoms with Crippen molar-refractivity contribution in [3.05, 3.63) is 11.8 Å². The predicted molar refractivity (Wildman–Crippen MR) is 33.8 cm³/mol. The van der Waals surface area contributed by atoms with Gasteiger partial charge in [-0.15, -0.1) is 0 Å². The van der Waals surface area contributed by atoms with Gasteiger partial charge in [0.1, 0.15) is 6.17 Å². The standard InChI is InChI=1S/C7H10FN/c8-6-4-7-2-1-3-9(7)5-6/h2,6H,1,3-5H2. The van der Waals surface area contributed by atoms with Gasteiger partial charge in [-0.05, 0) is 6.42 Å². The fraction of sp³-hybridized carbons (Fsp3) is 0.714. The SMILES string of the molecule is FC1CC2=CCCN2C1. The monoisotopic (exact) mass is 127 g/mol. The van der Waals surface area contributed by atoms with Crippen LogP contribution >= 0.6 is 0 Å². The van der Waals surface area contributed by atoms with E-state index in [4.69, 9.17) is 0 Å². The second kappa shape index (κ2) is 1.72. The summed E-state index contributed by atoms with van der Waals surface area (Å²) in [5, 5.41) is 0. The molecule has 0 aromatic carbocycles. The molecule has 0 aromatic heterocycles. The van der Waals surface area contributed by atoms with Gasteiger partial charge in [0.05, 0.1) is 0 Å². The molecule has 1 unspecified atom stereocenters. The second-order valence-electron chi connectivity index (χ2n) is 2.73. The number of halogens is 1. The third kappa shape index (κ3) is 0.732. The normalized spacial score (nSPS) is 32.8. The van der Waals surface area contributed by atoms with Crippen LogP contribution in [0.25, 0.3) is 0 Å². The Morgan fingerprint density at radius 3 is 3.33 bits per heavy atom. The zero-order chi connectivity index (χ0) is 6.27. The lowest BCUT2D eigenvalue weighted by atomic mass is 10.3. The van der Waals surface area contributed by atoms with E-state index in [1.807, 2.05) is 0 Å². The summed E-state index contributed by atoms with van der Waals surface area (Å²) in [5.74, 6) is 0. The Labute approximate surface area is 54.2 Å². The Morgan fingerprint density at radius 1 is 1.67 bits per heavy atom. The zero-order valence-corrected chi connectivity index (χ0v) is 5.31.